The number of nitrogens with zero attached hydrogens (tertiary/aromatic N) is 2. The van der Waals surface area contributed by atoms with E-state index in [1.165, 1.54) is 0 Å². The van der Waals surface area contributed by atoms with Crippen LogP contribution in [-0.4, -0.2) is 24.1 Å². The maximum absolute atomic E-state index is 12.1. The Labute approximate surface area is 153 Å². The molecule has 6 heteroatoms. The van der Waals surface area contributed by atoms with Crippen LogP contribution in [0.15, 0.2) is 55.0 Å². The maximum Gasteiger partial charge on any atom is 0.211 e. The summed E-state index contributed by atoms with van der Waals surface area (Å²) in [5.74, 6) is 0.440. The minimum absolute atomic E-state index is 0.0843. The van der Waals surface area contributed by atoms with Gasteiger partial charge in [0.05, 0.1) is 17.3 Å². The van der Waals surface area contributed by atoms with E-state index in [1.54, 1.807) is 19.3 Å². The van der Waals surface area contributed by atoms with Crippen LogP contribution in [0.25, 0.3) is 22.0 Å². The number of hydrogen-bond acceptors (Lipinski definition) is 4. The lowest BCUT2D eigenvalue weighted by molar-refractivity contribution is 0.529. The van der Waals surface area contributed by atoms with Gasteiger partial charge < -0.3 is 0 Å². The van der Waals surface area contributed by atoms with Crippen molar-refractivity contribution in [1.82, 2.24) is 14.7 Å². The van der Waals surface area contributed by atoms with Crippen LogP contribution >= 0.6 is 0 Å². The molecule has 0 radical (unpaired) electrons. The predicted octanol–water partition coefficient (Wildman–Crippen LogP) is 3.69. The van der Waals surface area contributed by atoms with E-state index in [-0.39, 0.29) is 11.8 Å². The van der Waals surface area contributed by atoms with E-state index < -0.39 is 10.0 Å². The molecule has 0 saturated heterocycles. The summed E-state index contributed by atoms with van der Waals surface area (Å²) in [4.78, 5) is 8.73. The molecule has 3 aromatic rings. The number of aromatic nitrogens is 2. The molecule has 1 atom stereocenters. The minimum Gasteiger partial charge on any atom is -0.264 e. The van der Waals surface area contributed by atoms with E-state index in [1.807, 2.05) is 36.5 Å². The summed E-state index contributed by atoms with van der Waals surface area (Å²) in [6.45, 7) is 1.66. The first-order chi connectivity index (χ1) is 12.6. The third kappa shape index (κ3) is 3.61. The van der Waals surface area contributed by atoms with Crippen LogP contribution in [0.2, 0.25) is 0 Å². The van der Waals surface area contributed by atoms with Crippen molar-refractivity contribution in [3.05, 3.63) is 60.6 Å². The summed E-state index contributed by atoms with van der Waals surface area (Å²) in [6.07, 6.45) is 7.46. The number of nitrogens with one attached hydrogen (secondary N) is 1. The summed E-state index contributed by atoms with van der Waals surface area (Å²) < 4.78 is 27.0. The standard InChI is InChI=1S/C20H21N3O2S/c1-2-26(24,25)23-20(14-5-6-14)18-11-17(12-21-13-18)15-7-8-19-16(10-15)4-3-9-22-19/h3-4,7-14,20,23H,2,5-6H2,1H3. The van der Waals surface area contributed by atoms with Gasteiger partial charge in [0.25, 0.3) is 0 Å². The normalized spacial score (nSPS) is 15.9. The monoisotopic (exact) mass is 367 g/mol. The lowest BCUT2D eigenvalue weighted by Gasteiger charge is -2.18. The number of hydrogen-bond donors (Lipinski definition) is 1. The average molecular weight is 367 g/mol. The minimum atomic E-state index is -3.26. The number of rotatable bonds is 6. The molecular weight excluding hydrogens is 346 g/mol. The van der Waals surface area contributed by atoms with Crippen LogP contribution in [0.4, 0.5) is 0 Å². The van der Waals surface area contributed by atoms with Gasteiger partial charge in [0.1, 0.15) is 0 Å². The zero-order valence-electron chi connectivity index (χ0n) is 14.6. The highest BCUT2D eigenvalue weighted by molar-refractivity contribution is 7.89. The molecule has 4 rings (SSSR count). The molecule has 1 aliphatic carbocycles. The van der Waals surface area contributed by atoms with Crippen LogP contribution in [0, 0.1) is 5.92 Å². The molecule has 134 valence electrons. The first kappa shape index (κ1) is 17.1. The second-order valence-electron chi connectivity index (χ2n) is 6.75. The lowest BCUT2D eigenvalue weighted by Crippen LogP contribution is -2.31. The Morgan fingerprint density at radius 2 is 2.00 bits per heavy atom. The van der Waals surface area contributed by atoms with Gasteiger partial charge in [-0.1, -0.05) is 12.1 Å². The van der Waals surface area contributed by atoms with Crippen molar-refractivity contribution in [1.29, 1.82) is 0 Å². The van der Waals surface area contributed by atoms with Crippen LogP contribution in [0.5, 0.6) is 0 Å². The van der Waals surface area contributed by atoms with Crippen LogP contribution in [-0.2, 0) is 10.0 Å². The molecule has 1 unspecified atom stereocenters. The van der Waals surface area contributed by atoms with Crippen molar-refractivity contribution in [2.24, 2.45) is 5.92 Å². The first-order valence-electron chi connectivity index (χ1n) is 8.86. The number of fused-ring (bicyclic) bond motifs is 1. The summed E-state index contributed by atoms with van der Waals surface area (Å²) in [6, 6.07) is 11.9. The van der Waals surface area contributed by atoms with Gasteiger partial charge in [-0.25, -0.2) is 13.1 Å². The Morgan fingerprint density at radius 3 is 2.77 bits per heavy atom. The molecule has 1 aliphatic rings. The van der Waals surface area contributed by atoms with Gasteiger partial charge in [0.15, 0.2) is 0 Å². The van der Waals surface area contributed by atoms with E-state index in [4.69, 9.17) is 0 Å². The third-order valence-corrected chi connectivity index (χ3v) is 6.21. The van der Waals surface area contributed by atoms with Gasteiger partial charge in [0, 0.05) is 29.5 Å². The molecule has 2 heterocycles. The Balaban J connectivity index is 1.70. The van der Waals surface area contributed by atoms with Crippen molar-refractivity contribution < 1.29 is 8.42 Å². The van der Waals surface area contributed by atoms with E-state index in [0.717, 1.165) is 40.4 Å². The molecule has 2 aromatic heterocycles. The first-order valence-corrected chi connectivity index (χ1v) is 10.5. The number of sulfonamides is 1. The Bertz CT molecular complexity index is 1050. The molecule has 1 saturated carbocycles. The van der Waals surface area contributed by atoms with E-state index in [9.17, 15) is 8.42 Å². The largest absolute Gasteiger partial charge is 0.264 e. The summed E-state index contributed by atoms with van der Waals surface area (Å²) >= 11 is 0. The predicted molar refractivity (Wildman–Crippen MR) is 103 cm³/mol. The number of pyridine rings is 2. The van der Waals surface area contributed by atoms with Gasteiger partial charge in [-0.2, -0.15) is 0 Å². The fourth-order valence-electron chi connectivity index (χ4n) is 3.18. The van der Waals surface area contributed by atoms with Crippen molar-refractivity contribution in [2.45, 2.75) is 25.8 Å². The van der Waals surface area contributed by atoms with E-state index in [2.05, 4.69) is 20.8 Å². The van der Waals surface area contributed by atoms with Crippen molar-refractivity contribution in [3.63, 3.8) is 0 Å². The highest BCUT2D eigenvalue weighted by Gasteiger charge is 2.35. The summed E-state index contributed by atoms with van der Waals surface area (Å²) in [7, 11) is -3.26. The molecule has 5 nitrogen and oxygen atoms in total. The Kier molecular flexibility index (Phi) is 4.46. The topological polar surface area (TPSA) is 72.0 Å². The highest BCUT2D eigenvalue weighted by Crippen LogP contribution is 2.42. The third-order valence-electron chi connectivity index (χ3n) is 4.83. The van der Waals surface area contributed by atoms with Crippen molar-refractivity contribution >= 4 is 20.9 Å². The molecule has 0 bridgehead atoms. The van der Waals surface area contributed by atoms with Crippen LogP contribution < -0.4 is 4.72 Å². The fraction of sp³-hybridized carbons (Fsp3) is 0.300. The molecule has 0 amide bonds. The SMILES string of the molecule is CCS(=O)(=O)NC(c1cncc(-c2ccc3ncccc3c2)c1)C1CC1. The van der Waals surface area contributed by atoms with E-state index in [0.29, 0.717) is 5.92 Å². The molecule has 1 fully saturated rings. The molecular formula is C20H21N3O2S. The maximum atomic E-state index is 12.1. The molecule has 1 N–H and O–H groups in total. The van der Waals surface area contributed by atoms with Gasteiger partial charge in [0.2, 0.25) is 10.0 Å². The zero-order valence-corrected chi connectivity index (χ0v) is 15.4. The highest BCUT2D eigenvalue weighted by atomic mass is 32.2. The molecule has 26 heavy (non-hydrogen) atoms. The second-order valence-corrected chi connectivity index (χ2v) is 8.80. The second kappa shape index (κ2) is 6.78. The zero-order chi connectivity index (χ0) is 18.1. The summed E-state index contributed by atoms with van der Waals surface area (Å²) in [5, 5.41) is 1.07. The Hall–Kier alpha value is -2.31. The van der Waals surface area contributed by atoms with E-state index >= 15 is 0 Å². The van der Waals surface area contributed by atoms with Gasteiger partial charge in [-0.05, 0) is 61.1 Å². The molecule has 1 aromatic carbocycles. The lowest BCUT2D eigenvalue weighted by atomic mass is 9.99. The van der Waals surface area contributed by atoms with Crippen molar-refractivity contribution in [3.8, 4) is 11.1 Å². The smallest absolute Gasteiger partial charge is 0.211 e. The van der Waals surface area contributed by atoms with Gasteiger partial charge in [-0.15, -0.1) is 0 Å². The average Bonchev–Trinajstić information content (AvgIpc) is 3.51. The van der Waals surface area contributed by atoms with Gasteiger partial charge in [-0.3, -0.25) is 9.97 Å². The van der Waals surface area contributed by atoms with Gasteiger partial charge >= 0.3 is 0 Å². The summed E-state index contributed by atoms with van der Waals surface area (Å²) in [5.41, 5.74) is 3.91. The molecule has 0 aliphatic heterocycles. The van der Waals surface area contributed by atoms with Crippen molar-refractivity contribution in [2.75, 3.05) is 5.75 Å². The quantitative estimate of drug-likeness (QED) is 0.721. The van der Waals surface area contributed by atoms with Crippen LogP contribution in [0.3, 0.4) is 0 Å². The Morgan fingerprint density at radius 1 is 1.15 bits per heavy atom. The van der Waals surface area contributed by atoms with Crippen LogP contribution in [0.1, 0.15) is 31.4 Å². The number of benzene rings is 1. The molecule has 0 spiro atoms. The fourth-order valence-corrected chi connectivity index (χ4v) is 4.07.